The monoisotopic (exact) mass is 260 g/mol. The van der Waals surface area contributed by atoms with Gasteiger partial charge in [-0.1, -0.05) is 30.3 Å². The maximum Gasteiger partial charge on any atom is 0.251 e. The minimum atomic E-state index is -0.473. The molecule has 0 atom stereocenters. The van der Waals surface area contributed by atoms with E-state index < -0.39 is 5.91 Å². The summed E-state index contributed by atoms with van der Waals surface area (Å²) in [5, 5.41) is 3.28. The fraction of sp³-hybridized carbons (Fsp3) is 0.357. The highest BCUT2D eigenvalue weighted by Gasteiger charge is 2.16. The number of primary amides is 1. The molecule has 0 bridgehead atoms. The Hall–Kier alpha value is -1.85. The van der Waals surface area contributed by atoms with Crippen LogP contribution in [0.3, 0.4) is 0 Å². The van der Waals surface area contributed by atoms with Crippen molar-refractivity contribution in [2.45, 2.75) is 0 Å². The number of hydrogen-bond donors (Lipinski definition) is 3. The average Bonchev–Trinajstić information content (AvgIpc) is 2.40. The lowest BCUT2D eigenvalue weighted by molar-refractivity contribution is -0.112. The van der Waals surface area contributed by atoms with Crippen molar-refractivity contribution < 1.29 is 4.79 Å². The van der Waals surface area contributed by atoms with Gasteiger partial charge in [-0.05, 0) is 5.56 Å². The Kier molecular flexibility index (Phi) is 4.54. The number of nitrogens with one attached hydrogen (secondary N) is 1. The van der Waals surface area contributed by atoms with Gasteiger partial charge in [0.2, 0.25) is 0 Å². The molecule has 1 aliphatic rings. The normalized spacial score (nSPS) is 17.9. The predicted octanol–water partition coefficient (Wildman–Crippen LogP) is -0.253. The number of nitrogens with two attached hydrogens (primary N) is 2. The van der Waals surface area contributed by atoms with Crippen LogP contribution in [-0.4, -0.2) is 43.5 Å². The maximum atomic E-state index is 11.6. The molecule has 0 saturated carbocycles. The number of hydrogen-bond acceptors (Lipinski definition) is 4. The molecule has 1 aliphatic heterocycles. The molecule has 1 amide bonds. The Balaban J connectivity index is 2.21. The average molecular weight is 260 g/mol. The molecule has 0 aliphatic carbocycles. The van der Waals surface area contributed by atoms with E-state index in [0.29, 0.717) is 17.8 Å². The van der Waals surface area contributed by atoms with E-state index in [2.05, 4.69) is 10.2 Å². The Labute approximate surface area is 113 Å². The topological polar surface area (TPSA) is 84.4 Å². The smallest absolute Gasteiger partial charge is 0.251 e. The number of carbonyl (C=O) groups excluding carboxylic acids is 1. The molecule has 2 rings (SSSR count). The van der Waals surface area contributed by atoms with Crippen molar-refractivity contribution >= 4 is 11.5 Å². The quantitative estimate of drug-likeness (QED) is 0.652. The minimum absolute atomic E-state index is 0.430. The lowest BCUT2D eigenvalue weighted by Crippen LogP contribution is -2.45. The highest BCUT2D eigenvalue weighted by Crippen LogP contribution is 2.16. The van der Waals surface area contributed by atoms with Gasteiger partial charge in [0.05, 0.1) is 5.57 Å². The summed E-state index contributed by atoms with van der Waals surface area (Å²) in [7, 11) is 0. The van der Waals surface area contributed by atoms with Gasteiger partial charge < -0.3 is 16.8 Å². The van der Waals surface area contributed by atoms with Crippen LogP contribution in [-0.2, 0) is 4.79 Å². The number of nitrogens with zero attached hydrogens (tertiary/aromatic N) is 1. The first-order valence-corrected chi connectivity index (χ1v) is 6.45. The predicted molar refractivity (Wildman–Crippen MR) is 76.1 cm³/mol. The highest BCUT2D eigenvalue weighted by atomic mass is 16.1. The third-order valence-corrected chi connectivity index (χ3v) is 3.23. The second kappa shape index (κ2) is 6.36. The van der Waals surface area contributed by atoms with Gasteiger partial charge in [-0.3, -0.25) is 9.69 Å². The maximum absolute atomic E-state index is 11.6. The van der Waals surface area contributed by atoms with Crippen LogP contribution in [0.15, 0.2) is 36.0 Å². The zero-order valence-corrected chi connectivity index (χ0v) is 10.9. The first kappa shape index (κ1) is 13.6. The Morgan fingerprint density at radius 1 is 1.16 bits per heavy atom. The third kappa shape index (κ3) is 3.56. The van der Waals surface area contributed by atoms with Crippen LogP contribution in [0.5, 0.6) is 0 Å². The lowest BCUT2D eigenvalue weighted by Gasteiger charge is -2.27. The summed E-state index contributed by atoms with van der Waals surface area (Å²) in [6, 6.07) is 9.34. The van der Waals surface area contributed by atoms with Gasteiger partial charge in [0.15, 0.2) is 0 Å². The van der Waals surface area contributed by atoms with Crippen molar-refractivity contribution in [2.75, 3.05) is 32.7 Å². The van der Waals surface area contributed by atoms with Crippen LogP contribution < -0.4 is 16.8 Å². The van der Waals surface area contributed by atoms with Gasteiger partial charge in [-0.2, -0.15) is 0 Å². The van der Waals surface area contributed by atoms with Gasteiger partial charge in [0.25, 0.3) is 5.91 Å². The van der Waals surface area contributed by atoms with E-state index in [1.165, 1.54) is 0 Å². The summed E-state index contributed by atoms with van der Waals surface area (Å²) in [4.78, 5) is 13.9. The van der Waals surface area contributed by atoms with Crippen molar-refractivity contribution in [2.24, 2.45) is 11.5 Å². The first-order chi connectivity index (χ1) is 9.18. The molecule has 1 aromatic carbocycles. The van der Waals surface area contributed by atoms with Crippen LogP contribution in [0.25, 0.3) is 5.57 Å². The Morgan fingerprint density at radius 3 is 2.37 bits per heavy atom. The van der Waals surface area contributed by atoms with Crippen molar-refractivity contribution in [1.29, 1.82) is 0 Å². The molecule has 0 aromatic heterocycles. The molecule has 0 unspecified atom stereocenters. The van der Waals surface area contributed by atoms with Crippen LogP contribution in [0.1, 0.15) is 5.56 Å². The molecular weight excluding hydrogens is 240 g/mol. The van der Waals surface area contributed by atoms with Gasteiger partial charge in [-0.25, -0.2) is 0 Å². The molecular formula is C14H20N4O. The van der Waals surface area contributed by atoms with E-state index in [0.717, 1.165) is 31.7 Å². The zero-order valence-electron chi connectivity index (χ0n) is 10.9. The summed E-state index contributed by atoms with van der Waals surface area (Å²) >= 11 is 0. The molecule has 0 spiro atoms. The SMILES string of the molecule is NC(=O)C(=C(N)CN1CCNCC1)c1ccccc1. The van der Waals surface area contributed by atoms with E-state index >= 15 is 0 Å². The molecule has 19 heavy (non-hydrogen) atoms. The van der Waals surface area contributed by atoms with Crippen molar-refractivity contribution in [3.05, 3.63) is 41.6 Å². The summed E-state index contributed by atoms with van der Waals surface area (Å²) in [5.74, 6) is -0.473. The number of piperazine rings is 1. The van der Waals surface area contributed by atoms with Gasteiger partial charge in [-0.15, -0.1) is 0 Å². The Morgan fingerprint density at radius 2 is 1.79 bits per heavy atom. The summed E-state index contributed by atoms with van der Waals surface area (Å²) < 4.78 is 0. The van der Waals surface area contributed by atoms with E-state index in [1.807, 2.05) is 30.3 Å². The van der Waals surface area contributed by atoms with E-state index in [1.54, 1.807) is 0 Å². The van der Waals surface area contributed by atoms with Gasteiger partial charge in [0, 0.05) is 38.4 Å². The molecule has 5 N–H and O–H groups in total. The van der Waals surface area contributed by atoms with E-state index in [-0.39, 0.29) is 0 Å². The molecule has 1 aromatic rings. The van der Waals surface area contributed by atoms with Crippen LogP contribution in [0.2, 0.25) is 0 Å². The fourth-order valence-electron chi connectivity index (χ4n) is 2.28. The van der Waals surface area contributed by atoms with E-state index in [4.69, 9.17) is 11.5 Å². The second-order valence-corrected chi connectivity index (χ2v) is 4.66. The van der Waals surface area contributed by atoms with Crippen LogP contribution in [0.4, 0.5) is 0 Å². The van der Waals surface area contributed by atoms with Gasteiger partial charge >= 0.3 is 0 Å². The van der Waals surface area contributed by atoms with Crippen molar-refractivity contribution in [3.63, 3.8) is 0 Å². The molecule has 5 heteroatoms. The number of rotatable bonds is 4. The summed E-state index contributed by atoms with van der Waals surface area (Å²) in [6.45, 7) is 4.34. The largest absolute Gasteiger partial charge is 0.400 e. The summed E-state index contributed by atoms with van der Waals surface area (Å²) in [5.41, 5.74) is 13.3. The van der Waals surface area contributed by atoms with Crippen molar-refractivity contribution in [3.8, 4) is 0 Å². The Bertz CT molecular complexity index is 464. The number of amides is 1. The molecule has 1 heterocycles. The van der Waals surface area contributed by atoms with Gasteiger partial charge in [0.1, 0.15) is 0 Å². The van der Waals surface area contributed by atoms with Crippen molar-refractivity contribution in [1.82, 2.24) is 10.2 Å². The second-order valence-electron chi connectivity index (χ2n) is 4.66. The number of carbonyl (C=O) groups is 1. The first-order valence-electron chi connectivity index (χ1n) is 6.45. The molecule has 1 fully saturated rings. The van der Waals surface area contributed by atoms with Crippen LogP contribution >= 0.6 is 0 Å². The van der Waals surface area contributed by atoms with Crippen LogP contribution in [0, 0.1) is 0 Å². The van der Waals surface area contributed by atoms with E-state index in [9.17, 15) is 4.79 Å². The third-order valence-electron chi connectivity index (χ3n) is 3.23. The highest BCUT2D eigenvalue weighted by molar-refractivity contribution is 6.19. The zero-order chi connectivity index (χ0) is 13.7. The fourth-order valence-corrected chi connectivity index (χ4v) is 2.28. The summed E-state index contributed by atoms with van der Waals surface area (Å²) in [6.07, 6.45) is 0. The molecule has 5 nitrogen and oxygen atoms in total. The molecule has 102 valence electrons. The molecule has 1 saturated heterocycles. The number of benzene rings is 1. The lowest BCUT2D eigenvalue weighted by atomic mass is 10.0. The molecule has 0 radical (unpaired) electrons. The minimum Gasteiger partial charge on any atom is -0.400 e. The standard InChI is InChI=1S/C14H20N4O/c15-12(10-18-8-6-17-7-9-18)13(14(16)19)11-4-2-1-3-5-11/h1-5,17H,6-10,15H2,(H2,16,19).